The first-order chi connectivity index (χ1) is 9.43. The second-order valence-corrected chi connectivity index (χ2v) is 7.09. The molecule has 0 radical (unpaired) electrons. The third-order valence-electron chi connectivity index (χ3n) is 6.28. The van der Waals surface area contributed by atoms with Crippen LogP contribution in [-0.4, -0.2) is 41.5 Å². The van der Waals surface area contributed by atoms with E-state index in [4.69, 9.17) is 0 Å². The van der Waals surface area contributed by atoms with Gasteiger partial charge in [-0.15, -0.1) is 0 Å². The topological polar surface area (TPSA) is 6.48 Å². The summed E-state index contributed by atoms with van der Waals surface area (Å²) in [5.74, 6) is 0.969. The smallest absolute Gasteiger partial charge is 0.0540 e. The Kier molecular flexibility index (Phi) is 2.24. The molecule has 2 saturated heterocycles. The molecule has 0 N–H and O–H groups in total. The van der Waals surface area contributed by atoms with Gasteiger partial charge in [-0.05, 0) is 68.6 Å². The van der Waals surface area contributed by atoms with E-state index in [1.807, 2.05) is 0 Å². The van der Waals surface area contributed by atoms with Gasteiger partial charge in [-0.1, -0.05) is 6.08 Å². The highest BCUT2D eigenvalue weighted by Crippen LogP contribution is 2.50. The molecule has 0 saturated carbocycles. The Morgan fingerprint density at radius 3 is 3.00 bits per heavy atom. The van der Waals surface area contributed by atoms with Crippen LogP contribution in [0.25, 0.3) is 0 Å². The number of piperidine rings is 2. The lowest BCUT2D eigenvalue weighted by molar-refractivity contribution is 0.0455. The lowest BCUT2D eigenvalue weighted by Crippen LogP contribution is -2.55. The van der Waals surface area contributed by atoms with Crippen LogP contribution in [-0.2, 0) is 0 Å². The Morgan fingerprint density at radius 1 is 1.00 bits per heavy atom. The molecule has 2 unspecified atom stereocenters. The van der Waals surface area contributed by atoms with Gasteiger partial charge in [-0.2, -0.15) is 0 Å². The van der Waals surface area contributed by atoms with E-state index in [0.717, 1.165) is 18.0 Å². The van der Waals surface area contributed by atoms with Crippen molar-refractivity contribution in [2.45, 2.75) is 57.0 Å². The monoisotopic (exact) mass is 256 g/mol. The SMILES string of the molecule is C1=C2C3=C4[C@@H]5C(CCCN5CC3)CCN4C2CCC1. The maximum absolute atomic E-state index is 2.83. The van der Waals surface area contributed by atoms with Crippen molar-refractivity contribution >= 4 is 0 Å². The van der Waals surface area contributed by atoms with Gasteiger partial charge in [0.2, 0.25) is 0 Å². The van der Waals surface area contributed by atoms with E-state index >= 15 is 0 Å². The fraction of sp³-hybridized carbons (Fsp3) is 0.765. The van der Waals surface area contributed by atoms with Crippen LogP contribution in [0.1, 0.15) is 44.9 Å². The van der Waals surface area contributed by atoms with Gasteiger partial charge in [0.1, 0.15) is 0 Å². The van der Waals surface area contributed by atoms with Gasteiger partial charge in [0.25, 0.3) is 0 Å². The van der Waals surface area contributed by atoms with E-state index in [2.05, 4.69) is 15.9 Å². The zero-order chi connectivity index (χ0) is 12.4. The summed E-state index contributed by atoms with van der Waals surface area (Å²) in [5.41, 5.74) is 5.34. The largest absolute Gasteiger partial charge is 0.366 e. The summed E-state index contributed by atoms with van der Waals surface area (Å²) in [6.07, 6.45) is 12.4. The third-order valence-corrected chi connectivity index (χ3v) is 6.28. The maximum atomic E-state index is 2.83. The first-order valence-electron chi connectivity index (χ1n) is 8.37. The Labute approximate surface area is 116 Å². The lowest BCUT2D eigenvalue weighted by Gasteiger charge is -2.51. The molecule has 5 rings (SSSR count). The predicted molar refractivity (Wildman–Crippen MR) is 76.8 cm³/mol. The van der Waals surface area contributed by atoms with Crippen molar-refractivity contribution in [3.8, 4) is 0 Å². The zero-order valence-corrected chi connectivity index (χ0v) is 11.8. The molecule has 4 aliphatic heterocycles. The quantitative estimate of drug-likeness (QED) is 0.657. The molecule has 5 aliphatic rings. The van der Waals surface area contributed by atoms with Crippen molar-refractivity contribution in [3.63, 3.8) is 0 Å². The van der Waals surface area contributed by atoms with Gasteiger partial charge in [-0.3, -0.25) is 4.90 Å². The summed E-state index contributed by atoms with van der Waals surface area (Å²) in [6, 6.07) is 1.58. The van der Waals surface area contributed by atoms with Crippen molar-refractivity contribution in [2.75, 3.05) is 19.6 Å². The number of nitrogens with zero attached hydrogens (tertiary/aromatic N) is 2. The number of allylic oxidation sites excluding steroid dienone is 1. The molecule has 0 aromatic heterocycles. The van der Waals surface area contributed by atoms with Crippen LogP contribution in [0.2, 0.25) is 0 Å². The van der Waals surface area contributed by atoms with E-state index in [1.54, 1.807) is 16.8 Å². The van der Waals surface area contributed by atoms with Crippen molar-refractivity contribution in [1.82, 2.24) is 9.80 Å². The molecule has 0 aromatic rings. The summed E-state index contributed by atoms with van der Waals surface area (Å²) in [4.78, 5) is 5.65. The first kappa shape index (κ1) is 11.0. The van der Waals surface area contributed by atoms with E-state index in [-0.39, 0.29) is 0 Å². The highest BCUT2D eigenvalue weighted by Gasteiger charge is 2.49. The summed E-state index contributed by atoms with van der Waals surface area (Å²) < 4.78 is 0. The molecule has 0 bridgehead atoms. The Hall–Kier alpha value is -0.760. The maximum Gasteiger partial charge on any atom is 0.0540 e. The summed E-state index contributed by atoms with van der Waals surface area (Å²) >= 11 is 0. The molecule has 0 aromatic carbocycles. The first-order valence-corrected chi connectivity index (χ1v) is 8.37. The van der Waals surface area contributed by atoms with Gasteiger partial charge in [0, 0.05) is 18.8 Å². The van der Waals surface area contributed by atoms with E-state index in [9.17, 15) is 0 Å². The normalized spacial score (nSPS) is 40.9. The van der Waals surface area contributed by atoms with Crippen LogP contribution in [0.5, 0.6) is 0 Å². The highest BCUT2D eigenvalue weighted by molar-refractivity contribution is 5.50. The Morgan fingerprint density at radius 2 is 2.00 bits per heavy atom. The van der Waals surface area contributed by atoms with Gasteiger partial charge < -0.3 is 4.90 Å². The summed E-state index contributed by atoms with van der Waals surface area (Å²) in [6.45, 7) is 4.03. The second-order valence-electron chi connectivity index (χ2n) is 7.09. The molecule has 2 nitrogen and oxygen atoms in total. The van der Waals surface area contributed by atoms with E-state index < -0.39 is 0 Å². The van der Waals surface area contributed by atoms with E-state index in [1.165, 1.54) is 64.6 Å². The number of rotatable bonds is 0. The van der Waals surface area contributed by atoms with Crippen molar-refractivity contribution in [1.29, 1.82) is 0 Å². The van der Waals surface area contributed by atoms with Crippen LogP contribution in [0.15, 0.2) is 22.9 Å². The Balaban J connectivity index is 1.64. The average molecular weight is 256 g/mol. The Bertz CT molecular complexity index is 476. The number of hydrogen-bond donors (Lipinski definition) is 0. The summed E-state index contributed by atoms with van der Waals surface area (Å²) in [5, 5.41) is 0. The van der Waals surface area contributed by atoms with Crippen LogP contribution < -0.4 is 0 Å². The minimum atomic E-state index is 0.779. The van der Waals surface area contributed by atoms with Gasteiger partial charge in [0.15, 0.2) is 0 Å². The molecule has 0 spiro atoms. The molecular weight excluding hydrogens is 232 g/mol. The lowest BCUT2D eigenvalue weighted by atomic mass is 9.78. The summed E-state index contributed by atoms with van der Waals surface area (Å²) in [7, 11) is 0. The fourth-order valence-electron chi connectivity index (χ4n) is 5.56. The molecule has 2 heteroatoms. The van der Waals surface area contributed by atoms with Crippen LogP contribution in [0.3, 0.4) is 0 Å². The molecular formula is C17H24N2. The fourth-order valence-corrected chi connectivity index (χ4v) is 5.56. The molecule has 0 amide bonds. The zero-order valence-electron chi connectivity index (χ0n) is 11.8. The second kappa shape index (κ2) is 3.88. The van der Waals surface area contributed by atoms with Gasteiger partial charge >= 0.3 is 0 Å². The minimum absolute atomic E-state index is 0.779. The van der Waals surface area contributed by atoms with Crippen LogP contribution in [0, 0.1) is 5.92 Å². The minimum Gasteiger partial charge on any atom is -0.366 e. The highest BCUT2D eigenvalue weighted by atomic mass is 15.3. The molecule has 2 fully saturated rings. The molecule has 1 aliphatic carbocycles. The van der Waals surface area contributed by atoms with Gasteiger partial charge in [-0.25, -0.2) is 0 Å². The number of fused-ring (bicyclic) bond motifs is 3. The van der Waals surface area contributed by atoms with Gasteiger partial charge in [0.05, 0.1) is 12.1 Å². The molecule has 3 atom stereocenters. The predicted octanol–water partition coefficient (Wildman–Crippen LogP) is 2.92. The van der Waals surface area contributed by atoms with Crippen LogP contribution >= 0.6 is 0 Å². The molecule has 102 valence electrons. The van der Waals surface area contributed by atoms with E-state index in [0.29, 0.717) is 0 Å². The van der Waals surface area contributed by atoms with Crippen molar-refractivity contribution < 1.29 is 0 Å². The van der Waals surface area contributed by atoms with Crippen molar-refractivity contribution in [2.24, 2.45) is 5.92 Å². The van der Waals surface area contributed by atoms with Crippen LogP contribution in [0.4, 0.5) is 0 Å². The third kappa shape index (κ3) is 1.36. The average Bonchev–Trinajstić information content (AvgIpc) is 2.81. The van der Waals surface area contributed by atoms with Crippen molar-refractivity contribution in [3.05, 3.63) is 22.9 Å². The number of hydrogen-bond acceptors (Lipinski definition) is 2. The molecule has 19 heavy (non-hydrogen) atoms. The molecule has 4 heterocycles. The standard InChI is InChI=1S/C17H24N2/c1-2-6-15-13(5-1)14-8-10-18-9-3-4-12-7-11-19(15)17(14)16(12)18/h5,12,15-16H,1-4,6-11H2/t12?,15?,16-/m0/s1.